The van der Waals surface area contributed by atoms with Crippen molar-refractivity contribution in [1.29, 1.82) is 0 Å². The van der Waals surface area contributed by atoms with Gasteiger partial charge in [-0.15, -0.1) is 11.3 Å². The summed E-state index contributed by atoms with van der Waals surface area (Å²) >= 11 is 12.8. The summed E-state index contributed by atoms with van der Waals surface area (Å²) in [5.41, 5.74) is 0.355. The fourth-order valence-electron chi connectivity index (χ4n) is 1.35. The zero-order valence-corrected chi connectivity index (χ0v) is 11.9. The van der Waals surface area contributed by atoms with Crippen molar-refractivity contribution in [3.8, 4) is 0 Å². The Hall–Kier alpha value is -1.36. The van der Waals surface area contributed by atoms with E-state index in [0.717, 1.165) is 0 Å². The molecule has 0 saturated carbocycles. The number of carbonyl (C=O) groups is 2. The number of rotatable bonds is 4. The van der Waals surface area contributed by atoms with Crippen LogP contribution in [0.2, 0.25) is 10.0 Å². The van der Waals surface area contributed by atoms with Crippen LogP contribution in [0, 0.1) is 0 Å². The fourth-order valence-corrected chi connectivity index (χ4v) is 2.26. The van der Waals surface area contributed by atoms with Crippen LogP contribution in [0.1, 0.15) is 20.0 Å². The van der Waals surface area contributed by atoms with Crippen molar-refractivity contribution in [2.45, 2.75) is 0 Å². The lowest BCUT2D eigenvalue weighted by Gasteiger charge is -2.04. The zero-order chi connectivity index (χ0) is 13.8. The van der Waals surface area contributed by atoms with Crippen LogP contribution in [0.25, 0.3) is 0 Å². The lowest BCUT2D eigenvalue weighted by Crippen LogP contribution is -2.13. The van der Waals surface area contributed by atoms with Crippen molar-refractivity contribution in [2.75, 3.05) is 6.61 Å². The first-order valence-corrected chi connectivity index (χ1v) is 6.90. The molecule has 0 aliphatic carbocycles. The molecular weight excluding hydrogens is 307 g/mol. The van der Waals surface area contributed by atoms with E-state index in [4.69, 9.17) is 27.9 Å². The van der Waals surface area contributed by atoms with Gasteiger partial charge >= 0.3 is 5.97 Å². The van der Waals surface area contributed by atoms with E-state index < -0.39 is 5.97 Å². The number of esters is 1. The predicted octanol–water partition coefficient (Wildman–Crippen LogP) is 4.09. The van der Waals surface area contributed by atoms with Gasteiger partial charge in [0.25, 0.3) is 0 Å². The Bertz CT molecular complexity index is 608. The molecular formula is C13H8Cl2O3S. The second kappa shape index (κ2) is 6.19. The topological polar surface area (TPSA) is 43.4 Å². The summed E-state index contributed by atoms with van der Waals surface area (Å²) in [7, 11) is 0. The van der Waals surface area contributed by atoms with Gasteiger partial charge in [0.2, 0.25) is 0 Å². The summed E-state index contributed by atoms with van der Waals surface area (Å²) in [4.78, 5) is 23.8. The van der Waals surface area contributed by atoms with E-state index in [0.29, 0.717) is 15.5 Å². The van der Waals surface area contributed by atoms with Crippen molar-refractivity contribution in [3.05, 3.63) is 56.2 Å². The number of thiophene rings is 1. The molecule has 98 valence electrons. The average Bonchev–Trinajstić information content (AvgIpc) is 2.92. The molecule has 6 heteroatoms. The third-order valence-electron chi connectivity index (χ3n) is 2.30. The van der Waals surface area contributed by atoms with Crippen LogP contribution in [0.4, 0.5) is 0 Å². The highest BCUT2D eigenvalue weighted by atomic mass is 35.5. The molecule has 1 aromatic heterocycles. The van der Waals surface area contributed by atoms with Crippen molar-refractivity contribution in [1.82, 2.24) is 0 Å². The van der Waals surface area contributed by atoms with Crippen LogP contribution in [-0.2, 0) is 4.74 Å². The maximum absolute atomic E-state index is 11.8. The van der Waals surface area contributed by atoms with Gasteiger partial charge in [0, 0.05) is 5.56 Å². The van der Waals surface area contributed by atoms with Crippen molar-refractivity contribution >= 4 is 46.3 Å². The van der Waals surface area contributed by atoms with Crippen LogP contribution in [0.5, 0.6) is 0 Å². The molecule has 1 aromatic carbocycles. The van der Waals surface area contributed by atoms with Crippen molar-refractivity contribution < 1.29 is 14.3 Å². The molecule has 0 aliphatic rings. The van der Waals surface area contributed by atoms with Crippen molar-refractivity contribution in [3.63, 3.8) is 0 Å². The van der Waals surface area contributed by atoms with Crippen LogP contribution in [0.15, 0.2) is 35.7 Å². The van der Waals surface area contributed by atoms with Gasteiger partial charge in [0.15, 0.2) is 12.4 Å². The fraction of sp³-hybridized carbons (Fsp3) is 0.0769. The monoisotopic (exact) mass is 314 g/mol. The molecule has 0 unspecified atom stereocenters. The van der Waals surface area contributed by atoms with Crippen LogP contribution < -0.4 is 0 Å². The van der Waals surface area contributed by atoms with Gasteiger partial charge in [-0.2, -0.15) is 0 Å². The minimum atomic E-state index is -0.511. The van der Waals surface area contributed by atoms with E-state index in [2.05, 4.69) is 0 Å². The van der Waals surface area contributed by atoms with Crippen LogP contribution >= 0.6 is 34.5 Å². The van der Waals surface area contributed by atoms with E-state index in [1.54, 1.807) is 17.5 Å². The van der Waals surface area contributed by atoms with Crippen LogP contribution in [0.3, 0.4) is 0 Å². The second-order valence-electron chi connectivity index (χ2n) is 3.61. The molecule has 19 heavy (non-hydrogen) atoms. The molecule has 1 heterocycles. The number of hydrogen-bond acceptors (Lipinski definition) is 4. The molecule has 0 bridgehead atoms. The molecule has 0 aliphatic heterocycles. The van der Waals surface area contributed by atoms with E-state index >= 15 is 0 Å². The van der Waals surface area contributed by atoms with Gasteiger partial charge in [-0.25, -0.2) is 4.79 Å². The highest BCUT2D eigenvalue weighted by molar-refractivity contribution is 7.11. The SMILES string of the molecule is O=C(COC(=O)c1cccs1)c1ccc(Cl)c(Cl)c1. The Morgan fingerprint density at radius 2 is 1.95 bits per heavy atom. The Balaban J connectivity index is 1.98. The highest BCUT2D eigenvalue weighted by Crippen LogP contribution is 2.22. The Morgan fingerprint density at radius 1 is 1.16 bits per heavy atom. The normalized spacial score (nSPS) is 10.2. The maximum Gasteiger partial charge on any atom is 0.348 e. The molecule has 3 nitrogen and oxygen atoms in total. The maximum atomic E-state index is 11.8. The van der Waals surface area contributed by atoms with E-state index in [1.807, 2.05) is 0 Å². The summed E-state index contributed by atoms with van der Waals surface area (Å²) in [6.45, 7) is -0.325. The molecule has 0 N–H and O–H groups in total. The lowest BCUT2D eigenvalue weighted by atomic mass is 10.1. The third-order valence-corrected chi connectivity index (χ3v) is 3.89. The smallest absolute Gasteiger partial charge is 0.348 e. The van der Waals surface area contributed by atoms with E-state index in [-0.39, 0.29) is 17.4 Å². The number of Topliss-reactive ketones (excluding diaryl/α,β-unsaturated/α-hetero) is 1. The number of ketones is 1. The van der Waals surface area contributed by atoms with Gasteiger partial charge in [0.1, 0.15) is 4.88 Å². The molecule has 0 fully saturated rings. The average molecular weight is 315 g/mol. The summed E-state index contributed by atoms with van der Waals surface area (Å²) in [5.74, 6) is -0.841. The van der Waals surface area contributed by atoms with Gasteiger partial charge in [-0.1, -0.05) is 29.3 Å². The summed E-state index contributed by atoms with van der Waals surface area (Å²) < 4.78 is 4.92. The molecule has 0 radical (unpaired) electrons. The Kier molecular flexibility index (Phi) is 4.58. The third kappa shape index (κ3) is 3.56. The quantitative estimate of drug-likeness (QED) is 0.630. The number of hydrogen-bond donors (Lipinski definition) is 0. The molecule has 0 amide bonds. The second-order valence-corrected chi connectivity index (χ2v) is 5.37. The van der Waals surface area contributed by atoms with Gasteiger partial charge in [0.05, 0.1) is 10.0 Å². The Labute approximate surface area is 123 Å². The number of halogens is 2. The summed E-state index contributed by atoms with van der Waals surface area (Å²) in [5, 5.41) is 2.42. The first-order valence-electron chi connectivity index (χ1n) is 5.27. The molecule has 2 aromatic rings. The molecule has 2 rings (SSSR count). The Morgan fingerprint density at radius 3 is 2.58 bits per heavy atom. The largest absolute Gasteiger partial charge is 0.453 e. The van der Waals surface area contributed by atoms with E-state index in [9.17, 15) is 9.59 Å². The standard InChI is InChI=1S/C13H8Cl2O3S/c14-9-4-3-8(6-10(9)15)11(16)7-18-13(17)12-2-1-5-19-12/h1-6H,7H2. The van der Waals surface area contributed by atoms with Gasteiger partial charge in [-0.3, -0.25) is 4.79 Å². The predicted molar refractivity (Wildman–Crippen MR) is 75.4 cm³/mol. The van der Waals surface area contributed by atoms with Gasteiger partial charge < -0.3 is 4.74 Å². The molecule has 0 atom stereocenters. The first-order chi connectivity index (χ1) is 9.08. The summed E-state index contributed by atoms with van der Waals surface area (Å²) in [6, 6.07) is 7.89. The zero-order valence-electron chi connectivity index (χ0n) is 9.56. The number of ether oxygens (including phenoxy) is 1. The minimum absolute atomic E-state index is 0.289. The summed E-state index contributed by atoms with van der Waals surface area (Å²) in [6.07, 6.45) is 0. The number of benzene rings is 1. The minimum Gasteiger partial charge on any atom is -0.453 e. The number of carbonyl (C=O) groups excluding carboxylic acids is 2. The van der Waals surface area contributed by atoms with Crippen molar-refractivity contribution in [2.24, 2.45) is 0 Å². The van der Waals surface area contributed by atoms with E-state index in [1.165, 1.54) is 29.5 Å². The first kappa shape index (κ1) is 14.1. The molecule has 0 spiro atoms. The highest BCUT2D eigenvalue weighted by Gasteiger charge is 2.13. The van der Waals surface area contributed by atoms with Crippen LogP contribution in [-0.4, -0.2) is 18.4 Å². The molecule has 0 saturated heterocycles. The van der Waals surface area contributed by atoms with Gasteiger partial charge in [-0.05, 0) is 29.6 Å². The lowest BCUT2D eigenvalue weighted by molar-refractivity contribution is 0.0479.